The number of allylic oxidation sites excluding steroid dienone is 2. The van der Waals surface area contributed by atoms with E-state index in [1.54, 1.807) is 19.1 Å². The fourth-order valence-electron chi connectivity index (χ4n) is 8.12. The van der Waals surface area contributed by atoms with E-state index in [1.807, 2.05) is 49.4 Å². The highest BCUT2D eigenvalue weighted by Crippen LogP contribution is 2.71. The molecule has 1 saturated heterocycles. The van der Waals surface area contributed by atoms with Crippen LogP contribution in [-0.4, -0.2) is 42.5 Å². The Balaban J connectivity index is 1.14. The second-order valence-corrected chi connectivity index (χ2v) is 13.9. The lowest BCUT2D eigenvalue weighted by Gasteiger charge is -2.38. The van der Waals surface area contributed by atoms with E-state index in [1.165, 1.54) is 12.1 Å². The first kappa shape index (κ1) is 24.6. The van der Waals surface area contributed by atoms with Crippen molar-refractivity contribution in [1.82, 2.24) is 4.31 Å². The summed E-state index contributed by atoms with van der Waals surface area (Å²) in [5.41, 5.74) is 0.175. The molecule has 8 rings (SSSR count). The third-order valence-corrected chi connectivity index (χ3v) is 11.9. The van der Waals surface area contributed by atoms with Crippen molar-refractivity contribution in [3.63, 3.8) is 0 Å². The highest BCUT2D eigenvalue weighted by atomic mass is 32.2. The van der Waals surface area contributed by atoms with Crippen molar-refractivity contribution < 1.29 is 27.6 Å². The van der Waals surface area contributed by atoms with Gasteiger partial charge in [0.2, 0.25) is 5.91 Å². The molecule has 5 aliphatic carbocycles. The Bertz CT molecular complexity index is 1540. The average molecular weight is 544 g/mol. The van der Waals surface area contributed by atoms with Gasteiger partial charge in [-0.1, -0.05) is 60.2 Å². The van der Waals surface area contributed by atoms with Gasteiger partial charge in [-0.3, -0.25) is 19.2 Å². The summed E-state index contributed by atoms with van der Waals surface area (Å²) in [7, 11) is -4.08. The summed E-state index contributed by atoms with van der Waals surface area (Å²) in [4.78, 5) is 54.8. The largest absolute Gasteiger partial charge is 0.298 e. The van der Waals surface area contributed by atoms with Gasteiger partial charge in [-0.2, -0.15) is 0 Å². The Labute approximate surface area is 227 Å². The van der Waals surface area contributed by atoms with Crippen molar-refractivity contribution in [3.8, 4) is 0 Å². The van der Waals surface area contributed by atoms with E-state index in [-0.39, 0.29) is 58.9 Å². The predicted octanol–water partition coefficient (Wildman–Crippen LogP) is 3.34. The monoisotopic (exact) mass is 543 g/mol. The van der Waals surface area contributed by atoms with Crippen LogP contribution < -0.4 is 0 Å². The molecule has 2 aromatic carbocycles. The zero-order valence-corrected chi connectivity index (χ0v) is 22.5. The molecule has 8 heteroatoms. The molecule has 7 nitrogen and oxygen atoms in total. The van der Waals surface area contributed by atoms with Crippen molar-refractivity contribution in [2.75, 3.05) is 6.54 Å². The maximum atomic E-state index is 14.0. The molecule has 3 saturated carbocycles. The van der Waals surface area contributed by atoms with E-state index in [0.717, 1.165) is 15.4 Å². The van der Waals surface area contributed by atoms with Gasteiger partial charge in [0.25, 0.3) is 10.0 Å². The lowest BCUT2D eigenvalue weighted by molar-refractivity contribution is -0.142. The van der Waals surface area contributed by atoms with E-state index in [4.69, 9.17) is 0 Å². The number of hydrogen-bond donors (Lipinski definition) is 0. The fraction of sp³-hybridized carbons (Fsp3) is 0.419. The van der Waals surface area contributed by atoms with Crippen molar-refractivity contribution in [2.24, 2.45) is 46.8 Å². The van der Waals surface area contributed by atoms with Gasteiger partial charge in [-0.15, -0.1) is 0 Å². The van der Waals surface area contributed by atoms with Crippen LogP contribution in [0.5, 0.6) is 0 Å². The fourth-order valence-corrected chi connectivity index (χ4v) is 9.60. The number of rotatable bonds is 5. The van der Waals surface area contributed by atoms with Gasteiger partial charge in [0.15, 0.2) is 17.3 Å². The number of ketones is 3. The first-order valence-electron chi connectivity index (χ1n) is 13.6. The van der Waals surface area contributed by atoms with E-state index in [9.17, 15) is 27.6 Å². The van der Waals surface area contributed by atoms with Gasteiger partial charge in [-0.25, -0.2) is 12.7 Å². The van der Waals surface area contributed by atoms with Crippen LogP contribution in [-0.2, 0) is 29.2 Å². The molecule has 0 N–H and O–H groups in total. The lowest BCUT2D eigenvalue weighted by Crippen LogP contribution is -2.42. The SMILES string of the molecule is Cc1ccc(S(=O)(=O)N2CCC(C)(C(=O)C3C4C5C=CC(C6C(=O)C(c7ccccc7)C(=O)C56)C34)C2=O)cc1. The first-order chi connectivity index (χ1) is 18.6. The van der Waals surface area contributed by atoms with Crippen molar-refractivity contribution in [1.29, 1.82) is 0 Å². The van der Waals surface area contributed by atoms with Crippen molar-refractivity contribution >= 4 is 33.3 Å². The van der Waals surface area contributed by atoms with Gasteiger partial charge in [-0.05, 0) is 61.6 Å². The van der Waals surface area contributed by atoms with Crippen LogP contribution in [0, 0.1) is 53.8 Å². The molecule has 2 bridgehead atoms. The molecular weight excluding hydrogens is 514 g/mol. The summed E-state index contributed by atoms with van der Waals surface area (Å²) in [6, 6.07) is 15.5. The average Bonchev–Trinajstić information content (AvgIpc) is 3.54. The second kappa shape index (κ2) is 8.07. The Hall–Kier alpha value is -3.39. The van der Waals surface area contributed by atoms with Crippen molar-refractivity contribution in [3.05, 3.63) is 77.9 Å². The number of nitrogens with zero attached hydrogens (tertiary/aromatic N) is 1. The zero-order valence-electron chi connectivity index (χ0n) is 21.7. The van der Waals surface area contributed by atoms with Gasteiger partial charge < -0.3 is 0 Å². The Kier molecular flexibility index (Phi) is 5.10. The Morgan fingerprint density at radius 2 is 1.44 bits per heavy atom. The number of sulfonamides is 1. The zero-order chi connectivity index (χ0) is 27.4. The summed E-state index contributed by atoms with van der Waals surface area (Å²) >= 11 is 0. The summed E-state index contributed by atoms with van der Waals surface area (Å²) in [6.07, 6.45) is 4.13. The number of carbonyl (C=O) groups is 4. The van der Waals surface area contributed by atoms with Crippen LogP contribution in [0.3, 0.4) is 0 Å². The standard InChI is InChI=1S/C31H29NO6S/c1-16-8-10-18(11-9-16)39(37,38)32-15-14-31(2,30(32)36)29(35)26-22-19-12-13-20(23(22)26)25-24(19)27(33)21(28(25)34)17-6-4-3-5-7-17/h3-13,19-26H,14-15H2,1-2H3. The van der Waals surface area contributed by atoms with Gasteiger partial charge >= 0.3 is 0 Å². The van der Waals surface area contributed by atoms with Crippen molar-refractivity contribution in [2.45, 2.75) is 31.1 Å². The molecule has 39 heavy (non-hydrogen) atoms. The van der Waals surface area contributed by atoms with Crippen LogP contribution in [0.1, 0.15) is 30.4 Å². The van der Waals surface area contributed by atoms with Gasteiger partial charge in [0, 0.05) is 24.3 Å². The van der Waals surface area contributed by atoms with E-state index < -0.39 is 45.0 Å². The van der Waals surface area contributed by atoms with E-state index in [2.05, 4.69) is 0 Å². The molecule has 0 spiro atoms. The third-order valence-electron chi connectivity index (χ3n) is 10.1. The summed E-state index contributed by atoms with van der Waals surface area (Å²) in [6.45, 7) is 3.36. The van der Waals surface area contributed by atoms with E-state index in [0.29, 0.717) is 0 Å². The number of aryl methyl sites for hydroxylation is 1. The lowest BCUT2D eigenvalue weighted by atomic mass is 9.63. The number of Topliss-reactive ketones (excluding diaryl/α,β-unsaturated/α-hetero) is 3. The number of amides is 1. The molecule has 0 aromatic heterocycles. The molecule has 1 heterocycles. The minimum atomic E-state index is -4.08. The third kappa shape index (κ3) is 3.18. The molecule has 7 atom stereocenters. The Morgan fingerprint density at radius 1 is 0.872 bits per heavy atom. The van der Waals surface area contributed by atoms with Crippen LogP contribution >= 0.6 is 0 Å². The minimum absolute atomic E-state index is 0.0262. The summed E-state index contributed by atoms with van der Waals surface area (Å²) in [5.74, 6) is -3.76. The molecule has 0 radical (unpaired) electrons. The highest BCUT2D eigenvalue weighted by Gasteiger charge is 2.74. The topological polar surface area (TPSA) is 106 Å². The molecule has 7 unspecified atom stereocenters. The Morgan fingerprint density at radius 3 is 2.00 bits per heavy atom. The number of benzene rings is 2. The number of carbonyl (C=O) groups excluding carboxylic acids is 4. The maximum absolute atomic E-state index is 14.0. The molecule has 6 aliphatic rings. The molecular formula is C31H29NO6S. The molecule has 1 amide bonds. The predicted molar refractivity (Wildman–Crippen MR) is 141 cm³/mol. The normalized spacial score (nSPS) is 38.2. The summed E-state index contributed by atoms with van der Waals surface area (Å²) in [5, 5.41) is 0. The second-order valence-electron chi connectivity index (χ2n) is 12.1. The van der Waals surface area contributed by atoms with Gasteiger partial charge in [0.1, 0.15) is 11.3 Å². The maximum Gasteiger partial charge on any atom is 0.266 e. The quantitative estimate of drug-likeness (QED) is 0.423. The first-order valence-corrected chi connectivity index (χ1v) is 15.0. The summed E-state index contributed by atoms with van der Waals surface area (Å²) < 4.78 is 27.4. The van der Waals surface area contributed by atoms with Gasteiger partial charge in [0.05, 0.1) is 4.90 Å². The van der Waals surface area contributed by atoms with Crippen LogP contribution in [0.2, 0.25) is 0 Å². The van der Waals surface area contributed by atoms with Crippen LogP contribution in [0.25, 0.3) is 0 Å². The molecule has 2 aromatic rings. The van der Waals surface area contributed by atoms with Crippen LogP contribution in [0.15, 0.2) is 71.6 Å². The molecule has 1 aliphatic heterocycles. The van der Waals surface area contributed by atoms with Crippen LogP contribution in [0.4, 0.5) is 0 Å². The smallest absolute Gasteiger partial charge is 0.266 e. The molecule has 4 fully saturated rings. The van der Waals surface area contributed by atoms with E-state index >= 15 is 0 Å². The highest BCUT2D eigenvalue weighted by molar-refractivity contribution is 7.89. The number of hydrogen-bond acceptors (Lipinski definition) is 6. The minimum Gasteiger partial charge on any atom is -0.298 e. The molecule has 200 valence electrons.